The van der Waals surface area contributed by atoms with Crippen molar-refractivity contribution < 1.29 is 9.53 Å². The smallest absolute Gasteiger partial charge is 0.229 e. The predicted molar refractivity (Wildman–Crippen MR) is 75.7 cm³/mol. The summed E-state index contributed by atoms with van der Waals surface area (Å²) in [6.45, 7) is 4.39. The Labute approximate surface area is 116 Å². The van der Waals surface area contributed by atoms with Gasteiger partial charge in [-0.3, -0.25) is 4.79 Å². The number of methoxy groups -OCH3 is 1. The first-order valence-corrected chi connectivity index (χ1v) is 7.63. The molecule has 4 heteroatoms. The first-order chi connectivity index (χ1) is 9.13. The van der Waals surface area contributed by atoms with Crippen LogP contribution in [-0.2, 0) is 9.53 Å². The van der Waals surface area contributed by atoms with Crippen LogP contribution in [0.4, 0.5) is 0 Å². The number of amides is 1. The second kappa shape index (κ2) is 6.23. The number of ether oxygens (including phenoxy) is 1. The van der Waals surface area contributed by atoms with Crippen LogP contribution >= 0.6 is 0 Å². The highest BCUT2D eigenvalue weighted by Crippen LogP contribution is 2.44. The number of carbonyl (C=O) groups is 1. The maximum Gasteiger partial charge on any atom is 0.229 e. The minimum atomic E-state index is -0.145. The van der Waals surface area contributed by atoms with E-state index in [9.17, 15) is 4.79 Å². The maximum atomic E-state index is 13.0. The molecule has 0 aromatic heterocycles. The number of nitrogens with zero attached hydrogens (tertiary/aromatic N) is 1. The molecule has 2 unspecified atom stereocenters. The Morgan fingerprint density at radius 3 is 2.63 bits per heavy atom. The molecule has 2 atom stereocenters. The van der Waals surface area contributed by atoms with Crippen LogP contribution in [0.3, 0.4) is 0 Å². The van der Waals surface area contributed by atoms with Crippen LogP contribution in [0.25, 0.3) is 0 Å². The van der Waals surface area contributed by atoms with Gasteiger partial charge >= 0.3 is 0 Å². The molecule has 1 saturated carbocycles. The fraction of sp³-hybridized carbons (Fsp3) is 0.933. The molecule has 1 amide bonds. The lowest BCUT2D eigenvalue weighted by atomic mass is 9.81. The quantitative estimate of drug-likeness (QED) is 0.827. The van der Waals surface area contributed by atoms with E-state index < -0.39 is 0 Å². The molecule has 0 spiro atoms. The molecule has 2 aliphatic rings. The molecule has 0 aromatic rings. The molecule has 0 aromatic carbocycles. The lowest BCUT2D eigenvalue weighted by molar-refractivity contribution is -0.143. The van der Waals surface area contributed by atoms with Gasteiger partial charge in [-0.15, -0.1) is 0 Å². The van der Waals surface area contributed by atoms with Crippen molar-refractivity contribution in [1.82, 2.24) is 4.90 Å². The third-order valence-corrected chi connectivity index (χ3v) is 5.05. The molecular weight excluding hydrogens is 240 g/mol. The highest BCUT2D eigenvalue weighted by molar-refractivity contribution is 5.83. The zero-order valence-electron chi connectivity index (χ0n) is 12.4. The van der Waals surface area contributed by atoms with Gasteiger partial charge in [0.25, 0.3) is 0 Å². The highest BCUT2D eigenvalue weighted by Gasteiger charge is 2.46. The van der Waals surface area contributed by atoms with E-state index in [0.29, 0.717) is 31.0 Å². The van der Waals surface area contributed by atoms with E-state index in [-0.39, 0.29) is 5.41 Å². The Balaban J connectivity index is 2.07. The molecule has 2 fully saturated rings. The molecule has 2 N–H and O–H groups in total. The van der Waals surface area contributed by atoms with Gasteiger partial charge in [0.2, 0.25) is 5.91 Å². The Hall–Kier alpha value is -0.610. The summed E-state index contributed by atoms with van der Waals surface area (Å²) in [5.74, 6) is 0.852. The van der Waals surface area contributed by atoms with Crippen LogP contribution in [0.1, 0.15) is 45.4 Å². The van der Waals surface area contributed by atoms with Crippen molar-refractivity contribution in [3.63, 3.8) is 0 Å². The fourth-order valence-electron chi connectivity index (χ4n) is 3.82. The van der Waals surface area contributed by atoms with Gasteiger partial charge in [0.05, 0.1) is 5.41 Å². The summed E-state index contributed by atoms with van der Waals surface area (Å²) >= 11 is 0. The summed E-state index contributed by atoms with van der Waals surface area (Å²) < 4.78 is 5.22. The van der Waals surface area contributed by atoms with E-state index in [4.69, 9.17) is 10.5 Å². The minimum absolute atomic E-state index is 0.145. The van der Waals surface area contributed by atoms with Gasteiger partial charge in [0, 0.05) is 26.3 Å². The van der Waals surface area contributed by atoms with E-state index in [1.807, 2.05) is 0 Å². The van der Waals surface area contributed by atoms with E-state index in [1.165, 1.54) is 12.8 Å². The SMILES string of the molecule is COCCC1(C(=O)N2CC(CN)CC2C)CCCC1. The van der Waals surface area contributed by atoms with Crippen LogP contribution < -0.4 is 5.73 Å². The van der Waals surface area contributed by atoms with Gasteiger partial charge in [-0.2, -0.15) is 0 Å². The molecule has 110 valence electrons. The van der Waals surface area contributed by atoms with E-state index in [1.54, 1.807) is 7.11 Å². The topological polar surface area (TPSA) is 55.6 Å². The molecule has 0 radical (unpaired) electrons. The number of carbonyl (C=O) groups excluding carboxylic acids is 1. The number of rotatable bonds is 5. The van der Waals surface area contributed by atoms with Crippen LogP contribution in [0.5, 0.6) is 0 Å². The van der Waals surface area contributed by atoms with Crippen molar-refractivity contribution >= 4 is 5.91 Å². The number of hydrogen-bond acceptors (Lipinski definition) is 3. The summed E-state index contributed by atoms with van der Waals surface area (Å²) in [7, 11) is 1.72. The van der Waals surface area contributed by atoms with Gasteiger partial charge < -0.3 is 15.4 Å². The highest BCUT2D eigenvalue weighted by atomic mass is 16.5. The average Bonchev–Trinajstić information content (AvgIpc) is 3.03. The third kappa shape index (κ3) is 2.95. The van der Waals surface area contributed by atoms with Crippen LogP contribution in [0.15, 0.2) is 0 Å². The summed E-state index contributed by atoms with van der Waals surface area (Å²) in [6, 6.07) is 0.348. The Bertz CT molecular complexity index is 313. The largest absolute Gasteiger partial charge is 0.385 e. The van der Waals surface area contributed by atoms with E-state index in [2.05, 4.69) is 11.8 Å². The summed E-state index contributed by atoms with van der Waals surface area (Å²) in [6.07, 6.45) is 6.36. The molecule has 1 saturated heterocycles. The molecule has 2 rings (SSSR count). The summed E-state index contributed by atoms with van der Waals surface area (Å²) in [5, 5.41) is 0. The zero-order valence-corrected chi connectivity index (χ0v) is 12.4. The van der Waals surface area contributed by atoms with Crippen LogP contribution in [0, 0.1) is 11.3 Å². The van der Waals surface area contributed by atoms with Crippen molar-refractivity contribution in [2.45, 2.75) is 51.5 Å². The number of likely N-dealkylation sites (tertiary alicyclic amines) is 1. The van der Waals surface area contributed by atoms with Crippen molar-refractivity contribution in [2.75, 3.05) is 26.8 Å². The summed E-state index contributed by atoms with van der Waals surface area (Å²) in [4.78, 5) is 15.1. The molecule has 1 aliphatic carbocycles. The van der Waals surface area contributed by atoms with Crippen LogP contribution in [0.2, 0.25) is 0 Å². The molecule has 4 nitrogen and oxygen atoms in total. The van der Waals surface area contributed by atoms with E-state index in [0.717, 1.165) is 32.2 Å². The zero-order chi connectivity index (χ0) is 13.9. The predicted octanol–water partition coefficient (Wildman–Crippen LogP) is 1.78. The lowest BCUT2D eigenvalue weighted by Crippen LogP contribution is -2.45. The Morgan fingerprint density at radius 2 is 2.11 bits per heavy atom. The maximum absolute atomic E-state index is 13.0. The van der Waals surface area contributed by atoms with Gasteiger partial charge in [-0.05, 0) is 45.1 Å². The monoisotopic (exact) mass is 268 g/mol. The summed E-state index contributed by atoms with van der Waals surface area (Å²) in [5.41, 5.74) is 5.62. The van der Waals surface area contributed by atoms with E-state index >= 15 is 0 Å². The molecular formula is C15H28N2O2. The van der Waals surface area contributed by atoms with Gasteiger partial charge in [-0.1, -0.05) is 12.8 Å². The van der Waals surface area contributed by atoms with Crippen molar-refractivity contribution in [2.24, 2.45) is 17.1 Å². The molecule has 1 aliphatic heterocycles. The van der Waals surface area contributed by atoms with Crippen molar-refractivity contribution in [1.29, 1.82) is 0 Å². The van der Waals surface area contributed by atoms with Crippen LogP contribution in [-0.4, -0.2) is 43.7 Å². The fourth-order valence-corrected chi connectivity index (χ4v) is 3.82. The van der Waals surface area contributed by atoms with Gasteiger partial charge in [-0.25, -0.2) is 0 Å². The molecule has 0 bridgehead atoms. The normalized spacial score (nSPS) is 29.9. The minimum Gasteiger partial charge on any atom is -0.385 e. The average molecular weight is 268 g/mol. The first-order valence-electron chi connectivity index (χ1n) is 7.63. The van der Waals surface area contributed by atoms with Crippen molar-refractivity contribution in [3.8, 4) is 0 Å². The second-order valence-electron chi connectivity index (χ2n) is 6.37. The lowest BCUT2D eigenvalue weighted by Gasteiger charge is -2.34. The van der Waals surface area contributed by atoms with Gasteiger partial charge in [0.15, 0.2) is 0 Å². The Morgan fingerprint density at radius 1 is 1.42 bits per heavy atom. The first kappa shape index (κ1) is 14.8. The molecule has 1 heterocycles. The molecule has 19 heavy (non-hydrogen) atoms. The van der Waals surface area contributed by atoms with Gasteiger partial charge in [0.1, 0.15) is 0 Å². The third-order valence-electron chi connectivity index (χ3n) is 5.05. The number of hydrogen-bond donors (Lipinski definition) is 1. The second-order valence-corrected chi connectivity index (χ2v) is 6.37. The standard InChI is InChI=1S/C15H28N2O2/c1-12-9-13(10-16)11-17(12)14(18)15(7-8-19-2)5-3-4-6-15/h12-13H,3-11,16H2,1-2H3. The van der Waals surface area contributed by atoms with Crippen molar-refractivity contribution in [3.05, 3.63) is 0 Å². The Kier molecular flexibility index (Phi) is 4.85. The number of nitrogens with two attached hydrogens (primary N) is 1.